The molecule has 3 aromatic heterocycles. The maximum atomic E-state index is 13.1. The number of likely N-dealkylation sites (tertiary alicyclic amines) is 1. The monoisotopic (exact) mass is 337 g/mol. The van der Waals surface area contributed by atoms with Crippen LogP contribution in [0.15, 0.2) is 36.9 Å². The highest BCUT2D eigenvalue weighted by atomic mass is 16.2. The summed E-state index contributed by atoms with van der Waals surface area (Å²) in [6, 6.07) is 4.19. The molecule has 1 aliphatic heterocycles. The van der Waals surface area contributed by atoms with Gasteiger partial charge in [-0.1, -0.05) is 0 Å². The molecule has 3 aromatic rings. The summed E-state index contributed by atoms with van der Waals surface area (Å²) >= 11 is 0. The van der Waals surface area contributed by atoms with E-state index in [1.54, 1.807) is 0 Å². The fraction of sp³-hybridized carbons (Fsp3) is 0.421. The highest BCUT2D eigenvalue weighted by Gasteiger charge is 2.29. The standard InChI is InChI=1S/C19H23N5O/c1-14-6-8-22-13-17(21-18(22)9-14)19(25)24-7-4-3-5-16(24)12-23-11-15(2)10-20-23/h6,8-11,13,16H,3-5,7,12H2,1-2H3. The maximum Gasteiger partial charge on any atom is 0.274 e. The number of nitrogens with zero attached hydrogens (tertiary/aromatic N) is 5. The fourth-order valence-corrected chi connectivity index (χ4v) is 3.57. The van der Waals surface area contributed by atoms with Crippen molar-refractivity contribution in [2.75, 3.05) is 6.54 Å². The lowest BCUT2D eigenvalue weighted by atomic mass is 10.0. The molecule has 0 aliphatic carbocycles. The van der Waals surface area contributed by atoms with Crippen molar-refractivity contribution in [1.29, 1.82) is 0 Å². The first-order chi connectivity index (χ1) is 12.1. The minimum atomic E-state index is 0.0231. The summed E-state index contributed by atoms with van der Waals surface area (Å²) in [5.74, 6) is 0.0231. The van der Waals surface area contributed by atoms with Crippen LogP contribution in [0.3, 0.4) is 0 Å². The number of piperidine rings is 1. The number of aromatic nitrogens is 4. The van der Waals surface area contributed by atoms with Gasteiger partial charge in [0.2, 0.25) is 0 Å². The number of carbonyl (C=O) groups excluding carboxylic acids is 1. The zero-order valence-corrected chi connectivity index (χ0v) is 14.7. The molecule has 0 radical (unpaired) electrons. The topological polar surface area (TPSA) is 55.4 Å². The first-order valence-corrected chi connectivity index (χ1v) is 8.85. The van der Waals surface area contributed by atoms with Crippen LogP contribution in [0.5, 0.6) is 0 Å². The number of aryl methyl sites for hydroxylation is 2. The zero-order valence-electron chi connectivity index (χ0n) is 14.7. The number of pyridine rings is 1. The molecule has 4 rings (SSSR count). The van der Waals surface area contributed by atoms with Gasteiger partial charge in [0.05, 0.1) is 18.8 Å². The molecule has 0 bridgehead atoms. The van der Waals surface area contributed by atoms with Crippen molar-refractivity contribution < 1.29 is 4.79 Å². The van der Waals surface area contributed by atoms with Crippen LogP contribution in [0.4, 0.5) is 0 Å². The summed E-state index contributed by atoms with van der Waals surface area (Å²) in [5.41, 5.74) is 3.63. The van der Waals surface area contributed by atoms with E-state index in [9.17, 15) is 4.79 Å². The summed E-state index contributed by atoms with van der Waals surface area (Å²) in [7, 11) is 0. The molecule has 0 aromatic carbocycles. The second-order valence-corrected chi connectivity index (χ2v) is 6.98. The molecule has 0 spiro atoms. The lowest BCUT2D eigenvalue weighted by Gasteiger charge is -2.35. The van der Waals surface area contributed by atoms with E-state index in [1.165, 1.54) is 0 Å². The molecule has 1 aliphatic rings. The molecule has 130 valence electrons. The summed E-state index contributed by atoms with van der Waals surface area (Å²) in [4.78, 5) is 19.6. The van der Waals surface area contributed by atoms with Crippen LogP contribution in [-0.2, 0) is 6.54 Å². The number of hydrogen-bond acceptors (Lipinski definition) is 3. The Balaban J connectivity index is 1.59. The molecule has 6 heteroatoms. The highest BCUT2D eigenvalue weighted by molar-refractivity contribution is 5.93. The van der Waals surface area contributed by atoms with Crippen LogP contribution in [0.1, 0.15) is 40.9 Å². The third kappa shape index (κ3) is 3.16. The molecule has 25 heavy (non-hydrogen) atoms. The lowest BCUT2D eigenvalue weighted by Crippen LogP contribution is -2.46. The zero-order chi connectivity index (χ0) is 17.4. The molecular weight excluding hydrogens is 314 g/mol. The molecule has 6 nitrogen and oxygen atoms in total. The predicted molar refractivity (Wildman–Crippen MR) is 95.6 cm³/mol. The van der Waals surface area contributed by atoms with Crippen molar-refractivity contribution >= 4 is 11.6 Å². The summed E-state index contributed by atoms with van der Waals surface area (Å²) < 4.78 is 3.86. The van der Waals surface area contributed by atoms with E-state index in [1.807, 2.05) is 64.7 Å². The normalized spacial score (nSPS) is 18.0. The molecule has 1 saturated heterocycles. The van der Waals surface area contributed by atoms with Gasteiger partial charge in [-0.3, -0.25) is 9.48 Å². The molecular formula is C19H23N5O. The minimum absolute atomic E-state index is 0.0231. The Morgan fingerprint density at radius 3 is 2.92 bits per heavy atom. The number of imidazole rings is 1. The Morgan fingerprint density at radius 1 is 1.24 bits per heavy atom. The van der Waals surface area contributed by atoms with Gasteiger partial charge in [0, 0.05) is 25.1 Å². The minimum Gasteiger partial charge on any atom is -0.332 e. The van der Waals surface area contributed by atoms with Gasteiger partial charge in [-0.15, -0.1) is 0 Å². The van der Waals surface area contributed by atoms with Crippen LogP contribution in [0.25, 0.3) is 5.65 Å². The number of fused-ring (bicyclic) bond motifs is 1. The van der Waals surface area contributed by atoms with Gasteiger partial charge < -0.3 is 9.30 Å². The molecule has 1 fully saturated rings. The van der Waals surface area contributed by atoms with Crippen molar-refractivity contribution in [3.8, 4) is 0 Å². The molecule has 1 atom stereocenters. The van der Waals surface area contributed by atoms with E-state index in [4.69, 9.17) is 0 Å². The molecule has 0 saturated carbocycles. The van der Waals surface area contributed by atoms with Crippen LogP contribution in [0.2, 0.25) is 0 Å². The van der Waals surface area contributed by atoms with Gasteiger partial charge in [0.25, 0.3) is 5.91 Å². The van der Waals surface area contributed by atoms with E-state index < -0.39 is 0 Å². The predicted octanol–water partition coefficient (Wildman–Crippen LogP) is 2.84. The summed E-state index contributed by atoms with van der Waals surface area (Å²) in [5, 5.41) is 4.38. The SMILES string of the molecule is Cc1ccn2cc(C(=O)N3CCCCC3Cn3cc(C)cn3)nc2c1. The van der Waals surface area contributed by atoms with Crippen molar-refractivity contribution in [1.82, 2.24) is 24.1 Å². The van der Waals surface area contributed by atoms with Crippen molar-refractivity contribution in [2.45, 2.75) is 45.7 Å². The first-order valence-electron chi connectivity index (χ1n) is 8.85. The van der Waals surface area contributed by atoms with Gasteiger partial charge in [-0.05, 0) is 56.4 Å². The third-order valence-electron chi connectivity index (χ3n) is 4.88. The Labute approximate surface area is 147 Å². The van der Waals surface area contributed by atoms with Gasteiger partial charge in [-0.25, -0.2) is 4.98 Å². The third-order valence-corrected chi connectivity index (χ3v) is 4.88. The van der Waals surface area contributed by atoms with E-state index in [-0.39, 0.29) is 11.9 Å². The smallest absolute Gasteiger partial charge is 0.274 e. The summed E-state index contributed by atoms with van der Waals surface area (Å²) in [6.07, 6.45) is 10.9. The Hall–Kier alpha value is -2.63. The highest BCUT2D eigenvalue weighted by Crippen LogP contribution is 2.21. The number of amides is 1. The summed E-state index contributed by atoms with van der Waals surface area (Å²) in [6.45, 7) is 5.59. The fourth-order valence-electron chi connectivity index (χ4n) is 3.57. The lowest BCUT2D eigenvalue weighted by molar-refractivity contribution is 0.0578. The van der Waals surface area contributed by atoms with Gasteiger partial charge in [-0.2, -0.15) is 5.10 Å². The molecule has 1 amide bonds. The quantitative estimate of drug-likeness (QED) is 0.738. The number of rotatable bonds is 3. The molecule has 1 unspecified atom stereocenters. The molecule has 0 N–H and O–H groups in total. The van der Waals surface area contributed by atoms with Crippen molar-refractivity contribution in [3.05, 3.63) is 53.7 Å². The number of hydrogen-bond donors (Lipinski definition) is 0. The van der Waals surface area contributed by atoms with E-state index >= 15 is 0 Å². The Kier molecular flexibility index (Phi) is 4.03. The first kappa shape index (κ1) is 15.9. The Morgan fingerprint density at radius 2 is 2.12 bits per heavy atom. The van der Waals surface area contributed by atoms with Gasteiger partial charge >= 0.3 is 0 Å². The van der Waals surface area contributed by atoms with Crippen LogP contribution < -0.4 is 0 Å². The molecule has 4 heterocycles. The second-order valence-electron chi connectivity index (χ2n) is 6.98. The van der Waals surface area contributed by atoms with E-state index in [0.29, 0.717) is 5.69 Å². The number of carbonyl (C=O) groups is 1. The average Bonchev–Trinajstić information content (AvgIpc) is 3.20. The van der Waals surface area contributed by atoms with E-state index in [2.05, 4.69) is 10.1 Å². The maximum absolute atomic E-state index is 13.1. The van der Waals surface area contributed by atoms with Crippen LogP contribution in [-0.4, -0.2) is 42.6 Å². The second kappa shape index (κ2) is 6.35. The van der Waals surface area contributed by atoms with Gasteiger partial charge in [0.15, 0.2) is 0 Å². The average molecular weight is 337 g/mol. The van der Waals surface area contributed by atoms with E-state index in [0.717, 1.165) is 49.1 Å². The Bertz CT molecular complexity index is 910. The van der Waals surface area contributed by atoms with Crippen LogP contribution in [0, 0.1) is 13.8 Å². The van der Waals surface area contributed by atoms with Crippen molar-refractivity contribution in [3.63, 3.8) is 0 Å². The van der Waals surface area contributed by atoms with Crippen molar-refractivity contribution in [2.24, 2.45) is 0 Å². The van der Waals surface area contributed by atoms with Crippen LogP contribution >= 0.6 is 0 Å². The van der Waals surface area contributed by atoms with Gasteiger partial charge in [0.1, 0.15) is 11.3 Å². The largest absolute Gasteiger partial charge is 0.332 e.